The maximum atomic E-state index is 4.34. The van der Waals surface area contributed by atoms with Gasteiger partial charge >= 0.3 is 0 Å². The summed E-state index contributed by atoms with van der Waals surface area (Å²) in [5.41, 5.74) is 2.40. The Kier molecular flexibility index (Phi) is 3.79. The van der Waals surface area contributed by atoms with Gasteiger partial charge in [0, 0.05) is 16.7 Å². The molecule has 2 aromatic rings. The molecule has 88 valence electrons. The first-order chi connectivity index (χ1) is 8.16. The van der Waals surface area contributed by atoms with Gasteiger partial charge in [0.05, 0.1) is 0 Å². The van der Waals surface area contributed by atoms with E-state index in [2.05, 4.69) is 58.3 Å². The topological polar surface area (TPSA) is 24.9 Å². The van der Waals surface area contributed by atoms with Crippen molar-refractivity contribution < 1.29 is 0 Å². The molecule has 0 aliphatic heterocycles. The van der Waals surface area contributed by atoms with Gasteiger partial charge in [-0.05, 0) is 43.2 Å². The van der Waals surface area contributed by atoms with E-state index in [0.29, 0.717) is 0 Å². The van der Waals surface area contributed by atoms with Crippen LogP contribution in [0.1, 0.15) is 24.1 Å². The van der Waals surface area contributed by atoms with Crippen LogP contribution in [0.5, 0.6) is 0 Å². The number of benzene rings is 1. The molecular weight excluding hydrogens is 276 g/mol. The number of hydrogen-bond acceptors (Lipinski definition) is 2. The van der Waals surface area contributed by atoms with Crippen LogP contribution in [-0.2, 0) is 0 Å². The van der Waals surface area contributed by atoms with E-state index >= 15 is 0 Å². The van der Waals surface area contributed by atoms with Gasteiger partial charge < -0.3 is 5.32 Å². The van der Waals surface area contributed by atoms with Gasteiger partial charge in [-0.15, -0.1) is 0 Å². The predicted molar refractivity (Wildman–Crippen MR) is 75.2 cm³/mol. The number of anilines is 1. The van der Waals surface area contributed by atoms with Crippen molar-refractivity contribution in [2.24, 2.45) is 0 Å². The van der Waals surface area contributed by atoms with Crippen molar-refractivity contribution in [2.45, 2.75) is 19.9 Å². The first-order valence-corrected chi connectivity index (χ1v) is 6.40. The molecule has 1 atom stereocenters. The molecule has 1 N–H and O–H groups in total. The van der Waals surface area contributed by atoms with Crippen molar-refractivity contribution in [3.63, 3.8) is 0 Å². The largest absolute Gasteiger partial charge is 0.363 e. The molecule has 0 radical (unpaired) electrons. The molecule has 1 aromatic carbocycles. The van der Waals surface area contributed by atoms with Crippen LogP contribution in [0.3, 0.4) is 0 Å². The minimum Gasteiger partial charge on any atom is -0.363 e. The lowest BCUT2D eigenvalue weighted by Gasteiger charge is -2.16. The summed E-state index contributed by atoms with van der Waals surface area (Å²) in [5, 5.41) is 3.42. The Morgan fingerprint density at radius 2 is 2.06 bits per heavy atom. The Labute approximate surface area is 110 Å². The van der Waals surface area contributed by atoms with Crippen molar-refractivity contribution >= 4 is 21.7 Å². The van der Waals surface area contributed by atoms with Gasteiger partial charge in [0.25, 0.3) is 0 Å². The summed E-state index contributed by atoms with van der Waals surface area (Å²) in [6.07, 6.45) is 1.81. The highest BCUT2D eigenvalue weighted by atomic mass is 79.9. The van der Waals surface area contributed by atoms with Crippen LogP contribution in [0.4, 0.5) is 5.82 Å². The third-order valence-corrected chi connectivity index (χ3v) is 3.20. The van der Waals surface area contributed by atoms with Gasteiger partial charge in [0.1, 0.15) is 5.82 Å². The molecule has 1 heterocycles. The quantitative estimate of drug-likeness (QED) is 0.910. The number of halogens is 1. The summed E-state index contributed by atoms with van der Waals surface area (Å²) in [5.74, 6) is 0.944. The minimum absolute atomic E-state index is 0.237. The van der Waals surface area contributed by atoms with E-state index in [9.17, 15) is 0 Å². The molecule has 0 fully saturated rings. The third-order valence-electron chi connectivity index (χ3n) is 2.71. The smallest absolute Gasteiger partial charge is 0.129 e. The zero-order valence-electron chi connectivity index (χ0n) is 9.94. The fraction of sp³-hybridized carbons (Fsp3) is 0.214. The number of nitrogens with one attached hydrogen (secondary N) is 1. The number of rotatable bonds is 3. The Hall–Kier alpha value is -1.35. The second kappa shape index (κ2) is 5.32. The molecule has 2 nitrogen and oxygen atoms in total. The second-order valence-corrected chi connectivity index (χ2v) is 5.01. The summed E-state index contributed by atoms with van der Waals surface area (Å²) in [6.45, 7) is 4.19. The molecule has 0 saturated carbocycles. The lowest BCUT2D eigenvalue weighted by Crippen LogP contribution is -2.08. The fourth-order valence-corrected chi connectivity index (χ4v) is 2.12. The Morgan fingerprint density at radius 1 is 1.24 bits per heavy atom. The molecule has 2 rings (SSSR count). The van der Waals surface area contributed by atoms with Crippen molar-refractivity contribution in [3.8, 4) is 0 Å². The summed E-state index contributed by atoms with van der Waals surface area (Å²) in [4.78, 5) is 4.34. The summed E-state index contributed by atoms with van der Waals surface area (Å²) < 4.78 is 1.10. The maximum absolute atomic E-state index is 4.34. The van der Waals surface area contributed by atoms with Crippen molar-refractivity contribution in [1.82, 2.24) is 4.98 Å². The van der Waals surface area contributed by atoms with E-state index in [1.807, 2.05) is 24.4 Å². The first-order valence-electron chi connectivity index (χ1n) is 5.60. The normalized spacial score (nSPS) is 12.2. The van der Waals surface area contributed by atoms with Crippen molar-refractivity contribution in [2.75, 3.05) is 5.32 Å². The van der Waals surface area contributed by atoms with Crippen molar-refractivity contribution in [3.05, 3.63) is 58.2 Å². The van der Waals surface area contributed by atoms with E-state index in [1.54, 1.807) is 0 Å². The standard InChI is InChI=1S/C14H15BrN2/c1-10-5-4-8-16-14(10)17-11(2)12-6-3-7-13(15)9-12/h3-9,11H,1-2H3,(H,16,17). The summed E-state index contributed by atoms with van der Waals surface area (Å²) in [7, 11) is 0. The van der Waals surface area contributed by atoms with Crippen LogP contribution in [-0.4, -0.2) is 4.98 Å². The number of pyridine rings is 1. The maximum Gasteiger partial charge on any atom is 0.129 e. The molecule has 0 aliphatic carbocycles. The zero-order valence-corrected chi connectivity index (χ0v) is 11.5. The van der Waals surface area contributed by atoms with Crippen LogP contribution in [0.2, 0.25) is 0 Å². The molecule has 0 aliphatic rings. The second-order valence-electron chi connectivity index (χ2n) is 4.09. The SMILES string of the molecule is Cc1cccnc1NC(C)c1cccc(Br)c1. The van der Waals surface area contributed by atoms with Crippen LogP contribution in [0.25, 0.3) is 0 Å². The van der Waals surface area contributed by atoms with E-state index in [1.165, 1.54) is 5.56 Å². The van der Waals surface area contributed by atoms with Gasteiger partial charge in [-0.25, -0.2) is 4.98 Å². The van der Waals surface area contributed by atoms with Gasteiger partial charge in [0.2, 0.25) is 0 Å². The Morgan fingerprint density at radius 3 is 2.76 bits per heavy atom. The number of hydrogen-bond donors (Lipinski definition) is 1. The molecule has 0 bridgehead atoms. The van der Waals surface area contributed by atoms with Gasteiger partial charge in [0.15, 0.2) is 0 Å². The van der Waals surface area contributed by atoms with Crippen molar-refractivity contribution in [1.29, 1.82) is 0 Å². The predicted octanol–water partition coefficient (Wildman–Crippen LogP) is 4.33. The fourth-order valence-electron chi connectivity index (χ4n) is 1.70. The van der Waals surface area contributed by atoms with Crippen LogP contribution in [0.15, 0.2) is 47.1 Å². The highest BCUT2D eigenvalue weighted by molar-refractivity contribution is 9.10. The van der Waals surface area contributed by atoms with E-state index in [0.717, 1.165) is 15.9 Å². The van der Waals surface area contributed by atoms with Crippen LogP contribution in [0, 0.1) is 6.92 Å². The van der Waals surface area contributed by atoms with E-state index in [-0.39, 0.29) is 6.04 Å². The molecule has 0 amide bonds. The zero-order chi connectivity index (χ0) is 12.3. The van der Waals surface area contributed by atoms with Gasteiger partial charge in [-0.2, -0.15) is 0 Å². The average molecular weight is 291 g/mol. The van der Waals surface area contributed by atoms with E-state index < -0.39 is 0 Å². The molecule has 1 aromatic heterocycles. The molecule has 17 heavy (non-hydrogen) atoms. The lowest BCUT2D eigenvalue weighted by molar-refractivity contribution is 0.870. The van der Waals surface area contributed by atoms with Crippen LogP contribution < -0.4 is 5.32 Å². The lowest BCUT2D eigenvalue weighted by atomic mass is 10.1. The number of nitrogens with zero attached hydrogens (tertiary/aromatic N) is 1. The van der Waals surface area contributed by atoms with Gasteiger partial charge in [-0.3, -0.25) is 0 Å². The van der Waals surface area contributed by atoms with Crippen LogP contribution >= 0.6 is 15.9 Å². The average Bonchev–Trinajstić information content (AvgIpc) is 2.32. The van der Waals surface area contributed by atoms with E-state index in [4.69, 9.17) is 0 Å². The molecular formula is C14H15BrN2. The minimum atomic E-state index is 0.237. The first kappa shape index (κ1) is 12.1. The highest BCUT2D eigenvalue weighted by Gasteiger charge is 2.07. The summed E-state index contributed by atoms with van der Waals surface area (Å²) in [6, 6.07) is 12.6. The molecule has 1 unspecified atom stereocenters. The monoisotopic (exact) mass is 290 g/mol. The molecule has 3 heteroatoms. The number of aryl methyl sites for hydroxylation is 1. The third kappa shape index (κ3) is 3.07. The molecule has 0 spiro atoms. The number of aromatic nitrogens is 1. The molecule has 0 saturated heterocycles. The summed E-state index contributed by atoms with van der Waals surface area (Å²) >= 11 is 3.49. The van der Waals surface area contributed by atoms with Gasteiger partial charge in [-0.1, -0.05) is 34.1 Å². The Bertz CT molecular complexity index is 511. The Balaban J connectivity index is 2.17. The highest BCUT2D eigenvalue weighted by Crippen LogP contribution is 2.22.